The molecule has 8 heteroatoms. The summed E-state index contributed by atoms with van der Waals surface area (Å²) < 4.78 is 5.29. The van der Waals surface area contributed by atoms with Crippen LogP contribution in [-0.2, 0) is 20.8 Å². The molecule has 0 spiro atoms. The molecular formula is C24H26N2O6. The molecule has 1 atom stereocenters. The molecule has 0 bridgehead atoms. The molecule has 0 unspecified atom stereocenters. The molecule has 0 saturated carbocycles. The minimum absolute atomic E-state index is 0.179. The highest BCUT2D eigenvalue weighted by Crippen LogP contribution is 2.23. The van der Waals surface area contributed by atoms with Crippen LogP contribution in [0.5, 0.6) is 0 Å². The lowest BCUT2D eigenvalue weighted by Gasteiger charge is -2.23. The number of carbonyl (C=O) groups is 4. The maximum Gasteiger partial charge on any atom is 0.407 e. The number of imide groups is 1. The van der Waals surface area contributed by atoms with Crippen molar-refractivity contribution < 1.29 is 28.8 Å². The van der Waals surface area contributed by atoms with Crippen LogP contribution in [0.15, 0.2) is 54.6 Å². The number of aryl methyl sites for hydroxylation is 1. The summed E-state index contributed by atoms with van der Waals surface area (Å²) in [5, 5.41) is 3.16. The van der Waals surface area contributed by atoms with Crippen molar-refractivity contribution in [1.82, 2.24) is 10.4 Å². The first-order valence-corrected chi connectivity index (χ1v) is 10.4. The first-order chi connectivity index (χ1) is 15.1. The summed E-state index contributed by atoms with van der Waals surface area (Å²) >= 11 is 0. The zero-order valence-electron chi connectivity index (χ0n) is 18.3. The summed E-state index contributed by atoms with van der Waals surface area (Å²) in [6.45, 7) is 5.21. The third kappa shape index (κ3) is 5.94. The number of carbonyl (C=O) groups excluding carboxylic acids is 4. The number of hydroxylamine groups is 2. The molecule has 0 fully saturated rings. The van der Waals surface area contributed by atoms with Crippen LogP contribution < -0.4 is 5.32 Å². The number of hydrogen-bond acceptors (Lipinski definition) is 6. The third-order valence-corrected chi connectivity index (χ3v) is 4.71. The Bertz CT molecular complexity index is 978. The zero-order chi connectivity index (χ0) is 23.3. The second kappa shape index (κ2) is 9.64. The van der Waals surface area contributed by atoms with Gasteiger partial charge in [0, 0.05) is 6.04 Å². The number of ether oxygens (including phenoxy) is 1. The molecule has 0 saturated heterocycles. The number of alkyl carbamates (subject to hydrolysis) is 1. The van der Waals surface area contributed by atoms with Gasteiger partial charge in [-0.05, 0) is 51.3 Å². The lowest BCUT2D eigenvalue weighted by molar-refractivity contribution is -0.169. The van der Waals surface area contributed by atoms with Crippen LogP contribution >= 0.6 is 0 Å². The third-order valence-electron chi connectivity index (χ3n) is 4.71. The van der Waals surface area contributed by atoms with Gasteiger partial charge in [0.25, 0.3) is 11.8 Å². The number of amides is 3. The Kier molecular flexibility index (Phi) is 6.92. The summed E-state index contributed by atoms with van der Waals surface area (Å²) in [6, 6.07) is 15.2. The summed E-state index contributed by atoms with van der Waals surface area (Å²) in [6.07, 6.45) is 0.130. The largest absolute Gasteiger partial charge is 0.444 e. The van der Waals surface area contributed by atoms with Crippen LogP contribution in [0.3, 0.4) is 0 Å². The van der Waals surface area contributed by atoms with Crippen LogP contribution in [0.25, 0.3) is 0 Å². The minimum Gasteiger partial charge on any atom is -0.444 e. The number of rotatable bonds is 7. The van der Waals surface area contributed by atoms with Crippen molar-refractivity contribution in [2.75, 3.05) is 0 Å². The molecule has 0 aliphatic carbocycles. The van der Waals surface area contributed by atoms with Gasteiger partial charge < -0.3 is 14.9 Å². The lowest BCUT2D eigenvalue weighted by Crippen LogP contribution is -2.42. The van der Waals surface area contributed by atoms with Crippen molar-refractivity contribution in [2.24, 2.45) is 0 Å². The normalized spacial score (nSPS) is 14.0. The predicted molar refractivity (Wildman–Crippen MR) is 116 cm³/mol. The molecule has 8 nitrogen and oxygen atoms in total. The van der Waals surface area contributed by atoms with Gasteiger partial charge >= 0.3 is 12.1 Å². The molecule has 0 aromatic heterocycles. The van der Waals surface area contributed by atoms with E-state index in [2.05, 4.69) is 5.32 Å². The van der Waals surface area contributed by atoms with Crippen LogP contribution in [0.4, 0.5) is 4.79 Å². The van der Waals surface area contributed by atoms with E-state index in [-0.39, 0.29) is 17.5 Å². The average Bonchev–Trinajstić information content (AvgIpc) is 2.96. The van der Waals surface area contributed by atoms with E-state index in [0.717, 1.165) is 5.56 Å². The number of nitrogens with one attached hydrogen (secondary N) is 1. The molecule has 1 heterocycles. The maximum atomic E-state index is 12.6. The quantitative estimate of drug-likeness (QED) is 0.662. The minimum atomic E-state index is -0.811. The molecule has 2 aromatic carbocycles. The monoisotopic (exact) mass is 438 g/mol. The smallest absolute Gasteiger partial charge is 0.407 e. The summed E-state index contributed by atoms with van der Waals surface area (Å²) in [5.41, 5.74) is 0.696. The standard InChI is InChI=1S/C24H26N2O6/c1-24(2,3)31-23(30)25-17(14-13-16-9-5-4-6-10-16)15-20(27)32-26-21(28)18-11-7-8-12-19(18)22(26)29/h4-12,17H,13-15H2,1-3H3,(H,25,30)/t17-/m0/s1. The van der Waals surface area contributed by atoms with Gasteiger partial charge in [0.15, 0.2) is 0 Å². The SMILES string of the molecule is CC(C)(C)OC(=O)N[C@@H](CCc1ccccc1)CC(=O)ON1C(=O)c2ccccc2C1=O. The van der Waals surface area contributed by atoms with E-state index in [9.17, 15) is 19.2 Å². The van der Waals surface area contributed by atoms with Crippen LogP contribution in [0.2, 0.25) is 0 Å². The second-order valence-corrected chi connectivity index (χ2v) is 8.49. The van der Waals surface area contributed by atoms with E-state index in [1.54, 1.807) is 32.9 Å². The van der Waals surface area contributed by atoms with Gasteiger partial charge in [0.05, 0.1) is 17.5 Å². The van der Waals surface area contributed by atoms with Gasteiger partial charge in [-0.25, -0.2) is 9.59 Å². The number of fused-ring (bicyclic) bond motifs is 1. The summed E-state index contributed by atoms with van der Waals surface area (Å²) in [7, 11) is 0. The van der Waals surface area contributed by atoms with Crippen molar-refractivity contribution in [1.29, 1.82) is 0 Å². The molecule has 3 amide bonds. The Labute approximate surface area is 186 Å². The van der Waals surface area contributed by atoms with Crippen LogP contribution in [-0.4, -0.2) is 40.6 Å². The zero-order valence-corrected chi connectivity index (χ0v) is 18.3. The van der Waals surface area contributed by atoms with Gasteiger partial charge in [0.1, 0.15) is 5.60 Å². The van der Waals surface area contributed by atoms with Gasteiger partial charge in [-0.2, -0.15) is 0 Å². The number of hydrogen-bond donors (Lipinski definition) is 1. The molecule has 3 rings (SSSR count). The van der Waals surface area contributed by atoms with Crippen molar-refractivity contribution in [2.45, 2.75) is 51.7 Å². The number of nitrogens with zero attached hydrogens (tertiary/aromatic N) is 1. The Morgan fingerprint density at radius 1 is 0.938 bits per heavy atom. The van der Waals surface area contributed by atoms with E-state index in [1.165, 1.54) is 12.1 Å². The van der Waals surface area contributed by atoms with Crippen molar-refractivity contribution >= 4 is 23.9 Å². The fourth-order valence-electron chi connectivity index (χ4n) is 3.28. The fourth-order valence-corrected chi connectivity index (χ4v) is 3.28. The highest BCUT2D eigenvalue weighted by atomic mass is 16.7. The van der Waals surface area contributed by atoms with Gasteiger partial charge in [-0.15, -0.1) is 0 Å². The Balaban J connectivity index is 1.65. The first-order valence-electron chi connectivity index (χ1n) is 10.4. The summed E-state index contributed by atoms with van der Waals surface area (Å²) in [5.74, 6) is -2.20. The van der Waals surface area contributed by atoms with E-state index in [1.807, 2.05) is 30.3 Å². The van der Waals surface area contributed by atoms with E-state index in [4.69, 9.17) is 9.57 Å². The van der Waals surface area contributed by atoms with Crippen molar-refractivity contribution in [3.63, 3.8) is 0 Å². The van der Waals surface area contributed by atoms with Crippen molar-refractivity contribution in [3.8, 4) is 0 Å². The Morgan fingerprint density at radius 2 is 1.50 bits per heavy atom. The predicted octanol–water partition coefficient (Wildman–Crippen LogP) is 3.66. The fraction of sp³-hybridized carbons (Fsp3) is 0.333. The highest BCUT2D eigenvalue weighted by molar-refractivity contribution is 6.20. The Hall–Kier alpha value is -3.68. The van der Waals surface area contributed by atoms with E-state index >= 15 is 0 Å². The van der Waals surface area contributed by atoms with Gasteiger partial charge in [-0.1, -0.05) is 47.5 Å². The molecular weight excluding hydrogens is 412 g/mol. The molecule has 2 aromatic rings. The van der Waals surface area contributed by atoms with Gasteiger partial charge in [0.2, 0.25) is 0 Å². The van der Waals surface area contributed by atoms with Gasteiger partial charge in [-0.3, -0.25) is 9.59 Å². The maximum absolute atomic E-state index is 12.6. The molecule has 0 radical (unpaired) electrons. The summed E-state index contributed by atoms with van der Waals surface area (Å²) in [4.78, 5) is 54.7. The lowest BCUT2D eigenvalue weighted by atomic mass is 10.0. The van der Waals surface area contributed by atoms with E-state index < -0.39 is 35.5 Å². The first kappa shape index (κ1) is 23.0. The topological polar surface area (TPSA) is 102 Å². The molecule has 32 heavy (non-hydrogen) atoms. The highest BCUT2D eigenvalue weighted by Gasteiger charge is 2.39. The molecule has 1 aliphatic heterocycles. The number of benzene rings is 2. The van der Waals surface area contributed by atoms with E-state index in [0.29, 0.717) is 17.9 Å². The van der Waals surface area contributed by atoms with Crippen LogP contribution in [0.1, 0.15) is 59.9 Å². The van der Waals surface area contributed by atoms with Crippen molar-refractivity contribution in [3.05, 3.63) is 71.3 Å². The second-order valence-electron chi connectivity index (χ2n) is 8.49. The molecule has 1 aliphatic rings. The van der Waals surface area contributed by atoms with Crippen LogP contribution in [0, 0.1) is 0 Å². The molecule has 168 valence electrons. The Morgan fingerprint density at radius 3 is 2.06 bits per heavy atom. The average molecular weight is 438 g/mol. The molecule has 1 N–H and O–H groups in total.